The molecule has 0 saturated carbocycles. The zero-order valence-corrected chi connectivity index (χ0v) is 13.4. The monoisotopic (exact) mass is 336 g/mol. The topological polar surface area (TPSA) is 112 Å². The number of nitrogens with two attached hydrogens (primary N) is 1. The molecule has 1 aromatic heterocycles. The Hall–Kier alpha value is -1.43. The van der Waals surface area contributed by atoms with Crippen LogP contribution in [0.25, 0.3) is 0 Å². The van der Waals surface area contributed by atoms with Crippen LogP contribution in [0.5, 0.6) is 0 Å². The van der Waals surface area contributed by atoms with Crippen LogP contribution >= 0.6 is 0 Å². The molecular weight excluding hydrogens is 318 g/mol. The van der Waals surface area contributed by atoms with Crippen molar-refractivity contribution in [3.8, 4) is 0 Å². The highest BCUT2D eigenvalue weighted by molar-refractivity contribution is 6.69. The van der Waals surface area contributed by atoms with Crippen molar-refractivity contribution in [3.05, 3.63) is 16.8 Å². The van der Waals surface area contributed by atoms with E-state index >= 15 is 0 Å². The zero-order valence-electron chi connectivity index (χ0n) is 12.4. The number of hydrogen-bond acceptors (Lipinski definition) is 7. The summed E-state index contributed by atoms with van der Waals surface area (Å²) in [5.41, 5.74) is 4.18. The standard InChI is InChI=1S/C11H18F2N4O4Si/c1-22(2,3)20-4-6-7(18)11(12,13)8(21-6)17-5-15-9(14)16-10(17)19/h5-8,18H,4H2,1-3H3,(H2,14,16,19)/t6-,7-,8-/m1/s1. The van der Waals surface area contributed by atoms with E-state index in [1.54, 1.807) is 0 Å². The lowest BCUT2D eigenvalue weighted by Gasteiger charge is -2.22. The van der Waals surface area contributed by atoms with Crippen LogP contribution in [0.3, 0.4) is 0 Å². The van der Waals surface area contributed by atoms with Crippen molar-refractivity contribution in [2.24, 2.45) is 0 Å². The molecule has 0 unspecified atom stereocenters. The van der Waals surface area contributed by atoms with Crippen molar-refractivity contribution in [3.63, 3.8) is 0 Å². The fourth-order valence-electron chi connectivity index (χ4n) is 1.95. The lowest BCUT2D eigenvalue weighted by Crippen LogP contribution is -2.43. The summed E-state index contributed by atoms with van der Waals surface area (Å²) in [5.74, 6) is -4.02. The molecule has 2 heterocycles. The molecule has 0 radical (unpaired) electrons. The summed E-state index contributed by atoms with van der Waals surface area (Å²) in [6, 6.07) is 0. The van der Waals surface area contributed by atoms with Crippen molar-refractivity contribution >= 4 is 14.3 Å². The lowest BCUT2D eigenvalue weighted by atomic mass is 10.1. The van der Waals surface area contributed by atoms with Crippen molar-refractivity contribution in [1.82, 2.24) is 14.5 Å². The maximum Gasteiger partial charge on any atom is 0.354 e. The minimum Gasteiger partial charge on any atom is -0.415 e. The number of anilines is 1. The number of nitrogen functional groups attached to an aromatic ring is 1. The largest absolute Gasteiger partial charge is 0.415 e. The van der Waals surface area contributed by atoms with Gasteiger partial charge in [-0.25, -0.2) is 14.3 Å². The van der Waals surface area contributed by atoms with Gasteiger partial charge in [0.2, 0.25) is 12.2 Å². The van der Waals surface area contributed by atoms with Crippen molar-refractivity contribution in [1.29, 1.82) is 0 Å². The first kappa shape index (κ1) is 16.9. The predicted octanol–water partition coefficient (Wildman–Crippen LogP) is -0.0344. The third-order valence-corrected chi connectivity index (χ3v) is 4.09. The molecule has 22 heavy (non-hydrogen) atoms. The van der Waals surface area contributed by atoms with E-state index < -0.39 is 38.4 Å². The van der Waals surface area contributed by atoms with Gasteiger partial charge in [0.1, 0.15) is 12.4 Å². The van der Waals surface area contributed by atoms with Crippen molar-refractivity contribution < 1.29 is 23.1 Å². The number of alkyl halides is 2. The second-order valence-corrected chi connectivity index (χ2v) is 10.5. The Morgan fingerprint density at radius 3 is 2.73 bits per heavy atom. The van der Waals surface area contributed by atoms with Crippen molar-refractivity contribution in [2.45, 2.75) is 44.0 Å². The van der Waals surface area contributed by atoms with Gasteiger partial charge >= 0.3 is 11.6 Å². The fourth-order valence-corrected chi connectivity index (χ4v) is 2.62. The molecule has 1 saturated heterocycles. The summed E-state index contributed by atoms with van der Waals surface area (Å²) < 4.78 is 39.5. The maximum atomic E-state index is 14.2. The second-order valence-electron chi connectivity index (χ2n) is 5.97. The molecule has 0 spiro atoms. The average Bonchev–Trinajstić information content (AvgIpc) is 2.59. The summed E-state index contributed by atoms with van der Waals surface area (Å²) in [4.78, 5) is 18.4. The molecule has 0 aromatic carbocycles. The van der Waals surface area contributed by atoms with Crippen LogP contribution in [0.4, 0.5) is 14.7 Å². The first-order valence-electron chi connectivity index (χ1n) is 6.58. The van der Waals surface area contributed by atoms with Crippen LogP contribution in [-0.2, 0) is 9.16 Å². The van der Waals surface area contributed by atoms with Gasteiger partial charge in [-0.05, 0) is 19.6 Å². The van der Waals surface area contributed by atoms with Gasteiger partial charge in [-0.1, -0.05) is 0 Å². The lowest BCUT2D eigenvalue weighted by molar-refractivity contribution is -0.141. The fraction of sp³-hybridized carbons (Fsp3) is 0.727. The van der Waals surface area contributed by atoms with Crippen LogP contribution in [0, 0.1) is 0 Å². The molecule has 2 rings (SSSR count). The van der Waals surface area contributed by atoms with E-state index in [1.165, 1.54) is 0 Å². The van der Waals surface area contributed by atoms with E-state index in [-0.39, 0.29) is 12.6 Å². The van der Waals surface area contributed by atoms with E-state index in [0.29, 0.717) is 4.57 Å². The highest BCUT2D eigenvalue weighted by atomic mass is 28.4. The van der Waals surface area contributed by atoms with Gasteiger partial charge in [0.05, 0.1) is 6.61 Å². The molecule has 0 aliphatic carbocycles. The Morgan fingerprint density at radius 1 is 1.55 bits per heavy atom. The smallest absolute Gasteiger partial charge is 0.354 e. The highest BCUT2D eigenvalue weighted by Crippen LogP contribution is 2.42. The minimum absolute atomic E-state index is 0.187. The Bertz CT molecular complexity index is 606. The Kier molecular flexibility index (Phi) is 4.34. The van der Waals surface area contributed by atoms with E-state index in [2.05, 4.69) is 9.97 Å². The Morgan fingerprint density at radius 2 is 2.18 bits per heavy atom. The SMILES string of the molecule is C[Si](C)(C)OC[C@H]1O[C@@H](n2cnc(N)nc2=O)C(F)(F)[C@@H]1O. The molecular formula is C11H18F2N4O4Si. The molecule has 3 atom stereocenters. The third-order valence-electron chi connectivity index (χ3n) is 3.06. The van der Waals surface area contributed by atoms with Crippen LogP contribution < -0.4 is 11.4 Å². The first-order valence-corrected chi connectivity index (χ1v) is 9.99. The first-order chi connectivity index (χ1) is 10.0. The van der Waals surface area contributed by atoms with Gasteiger partial charge < -0.3 is 20.0 Å². The van der Waals surface area contributed by atoms with Crippen molar-refractivity contribution in [2.75, 3.05) is 12.3 Å². The number of hydrogen-bond donors (Lipinski definition) is 2. The van der Waals surface area contributed by atoms with E-state index in [9.17, 15) is 18.7 Å². The average molecular weight is 336 g/mol. The number of rotatable bonds is 4. The molecule has 1 aliphatic heterocycles. The highest BCUT2D eigenvalue weighted by Gasteiger charge is 2.59. The normalized spacial score (nSPS) is 28.0. The predicted molar refractivity (Wildman–Crippen MR) is 74.9 cm³/mol. The zero-order chi connectivity index (χ0) is 16.7. The summed E-state index contributed by atoms with van der Waals surface area (Å²) >= 11 is 0. The van der Waals surface area contributed by atoms with Gasteiger partial charge in [-0.2, -0.15) is 13.8 Å². The van der Waals surface area contributed by atoms with Gasteiger partial charge in [-0.3, -0.25) is 0 Å². The molecule has 1 aliphatic rings. The molecule has 0 bridgehead atoms. The molecule has 1 aromatic rings. The maximum absolute atomic E-state index is 14.2. The number of aliphatic hydroxyl groups is 1. The van der Waals surface area contributed by atoms with Gasteiger partial charge in [0, 0.05) is 0 Å². The van der Waals surface area contributed by atoms with Crippen LogP contribution in [0.15, 0.2) is 11.1 Å². The quantitative estimate of drug-likeness (QED) is 0.742. The summed E-state index contributed by atoms with van der Waals surface area (Å²) in [7, 11) is -1.97. The number of nitrogens with zero attached hydrogens (tertiary/aromatic N) is 3. The molecule has 0 amide bonds. The molecule has 11 heteroatoms. The van der Waals surface area contributed by atoms with Crippen LogP contribution in [0.1, 0.15) is 6.23 Å². The number of halogens is 2. The van der Waals surface area contributed by atoms with E-state index in [0.717, 1.165) is 6.33 Å². The molecule has 124 valence electrons. The molecule has 8 nitrogen and oxygen atoms in total. The number of aromatic nitrogens is 3. The van der Waals surface area contributed by atoms with Crippen LogP contribution in [0.2, 0.25) is 19.6 Å². The minimum atomic E-state index is -3.68. The molecule has 1 fully saturated rings. The Labute approximate surface area is 126 Å². The molecule has 3 N–H and O–H groups in total. The van der Waals surface area contributed by atoms with E-state index in [1.807, 2.05) is 19.6 Å². The second kappa shape index (κ2) is 5.65. The summed E-state index contributed by atoms with van der Waals surface area (Å²) in [6.45, 7) is 5.44. The third kappa shape index (κ3) is 3.32. The van der Waals surface area contributed by atoms with Gasteiger partial charge in [-0.15, -0.1) is 0 Å². The number of ether oxygens (including phenoxy) is 1. The number of aliphatic hydroxyl groups excluding tert-OH is 1. The Balaban J connectivity index is 2.24. The van der Waals surface area contributed by atoms with Crippen LogP contribution in [-0.4, -0.2) is 52.7 Å². The van der Waals surface area contributed by atoms with Gasteiger partial charge in [0.15, 0.2) is 14.4 Å². The summed E-state index contributed by atoms with van der Waals surface area (Å²) in [5, 5.41) is 9.77. The summed E-state index contributed by atoms with van der Waals surface area (Å²) in [6.07, 6.45) is -4.54. The van der Waals surface area contributed by atoms with E-state index in [4.69, 9.17) is 14.9 Å². The van der Waals surface area contributed by atoms with Gasteiger partial charge in [0.25, 0.3) is 0 Å².